The van der Waals surface area contributed by atoms with Gasteiger partial charge in [0.15, 0.2) is 6.10 Å². The predicted octanol–water partition coefficient (Wildman–Crippen LogP) is 4.30. The number of imide groups is 1. The molecule has 2 aliphatic heterocycles. The van der Waals surface area contributed by atoms with E-state index in [2.05, 4.69) is 6.92 Å². The van der Waals surface area contributed by atoms with Crippen LogP contribution in [0.3, 0.4) is 0 Å². The number of hydrogen-bond donors (Lipinski definition) is 0. The Morgan fingerprint density at radius 3 is 2.03 bits per heavy atom. The molecule has 0 aliphatic carbocycles. The number of hydrogen-bond acceptors (Lipinski definition) is 4. The number of aryl methyl sites for hydroxylation is 1. The quantitative estimate of drug-likeness (QED) is 0.615. The van der Waals surface area contributed by atoms with Crippen molar-refractivity contribution in [3.05, 3.63) is 96.1 Å². The van der Waals surface area contributed by atoms with Crippen LogP contribution in [0.5, 0.6) is 0 Å². The van der Waals surface area contributed by atoms with Crippen molar-refractivity contribution in [2.24, 2.45) is 5.92 Å². The maximum atomic E-state index is 13.5. The van der Waals surface area contributed by atoms with E-state index in [1.54, 1.807) is 5.06 Å². The Morgan fingerprint density at radius 2 is 1.40 bits per heavy atom. The van der Waals surface area contributed by atoms with Gasteiger partial charge in [0.1, 0.15) is 5.92 Å². The van der Waals surface area contributed by atoms with Gasteiger partial charge in [0.05, 0.1) is 17.4 Å². The lowest BCUT2D eigenvalue weighted by Crippen LogP contribution is -2.37. The average Bonchev–Trinajstić information content (AvgIpc) is 3.31. The number of para-hydroxylation sites is 1. The Hall–Kier alpha value is -3.44. The lowest BCUT2D eigenvalue weighted by atomic mass is 9.90. The van der Waals surface area contributed by atoms with Gasteiger partial charge in [-0.25, -0.2) is 9.96 Å². The van der Waals surface area contributed by atoms with E-state index in [1.807, 2.05) is 84.9 Å². The van der Waals surface area contributed by atoms with Gasteiger partial charge in [-0.2, -0.15) is 0 Å². The van der Waals surface area contributed by atoms with E-state index in [-0.39, 0.29) is 17.9 Å². The molecular formula is C25H22N2O3. The minimum Gasteiger partial charge on any atom is -0.273 e. The second-order valence-electron chi connectivity index (χ2n) is 7.60. The molecule has 5 rings (SSSR count). The van der Waals surface area contributed by atoms with Crippen molar-refractivity contribution < 1.29 is 14.4 Å². The molecule has 0 radical (unpaired) electrons. The highest BCUT2D eigenvalue weighted by Crippen LogP contribution is 2.47. The highest BCUT2D eigenvalue weighted by atomic mass is 16.7. The Kier molecular flexibility index (Phi) is 4.60. The van der Waals surface area contributed by atoms with Crippen LogP contribution in [0.25, 0.3) is 0 Å². The number of rotatable bonds is 4. The smallest absolute Gasteiger partial charge is 0.266 e. The molecule has 0 saturated carbocycles. The molecule has 150 valence electrons. The summed E-state index contributed by atoms with van der Waals surface area (Å²) in [4.78, 5) is 34.2. The fourth-order valence-electron chi connectivity index (χ4n) is 4.34. The molecule has 5 heteroatoms. The van der Waals surface area contributed by atoms with Crippen LogP contribution < -0.4 is 9.96 Å². The zero-order valence-corrected chi connectivity index (χ0v) is 16.6. The van der Waals surface area contributed by atoms with E-state index >= 15 is 0 Å². The number of fused-ring (bicyclic) bond motifs is 1. The summed E-state index contributed by atoms with van der Waals surface area (Å²) in [5, 5.41) is 1.72. The molecule has 30 heavy (non-hydrogen) atoms. The minimum absolute atomic E-state index is 0.221. The fourth-order valence-corrected chi connectivity index (χ4v) is 4.34. The minimum atomic E-state index is -0.839. The number of benzene rings is 3. The van der Waals surface area contributed by atoms with Crippen molar-refractivity contribution in [2.75, 3.05) is 9.96 Å². The van der Waals surface area contributed by atoms with Gasteiger partial charge >= 0.3 is 0 Å². The topological polar surface area (TPSA) is 49.9 Å². The summed E-state index contributed by atoms with van der Waals surface area (Å²) in [5.74, 6) is -1.14. The molecule has 2 saturated heterocycles. The van der Waals surface area contributed by atoms with Crippen molar-refractivity contribution >= 4 is 23.2 Å². The molecule has 0 N–H and O–H groups in total. The molecule has 3 aromatic carbocycles. The van der Waals surface area contributed by atoms with Gasteiger partial charge in [-0.15, -0.1) is 0 Å². The van der Waals surface area contributed by atoms with Crippen LogP contribution in [0, 0.1) is 5.92 Å². The van der Waals surface area contributed by atoms with Crippen molar-refractivity contribution in [3.8, 4) is 0 Å². The molecule has 3 aromatic rings. The van der Waals surface area contributed by atoms with Crippen LogP contribution in [-0.2, 0) is 20.8 Å². The number of nitrogens with zero attached hydrogens (tertiary/aromatic N) is 2. The van der Waals surface area contributed by atoms with Crippen LogP contribution in [-0.4, -0.2) is 17.9 Å². The third kappa shape index (κ3) is 2.90. The van der Waals surface area contributed by atoms with Crippen molar-refractivity contribution in [3.63, 3.8) is 0 Å². The molecule has 0 aromatic heterocycles. The largest absolute Gasteiger partial charge is 0.273 e. The second-order valence-corrected chi connectivity index (χ2v) is 7.60. The van der Waals surface area contributed by atoms with Crippen LogP contribution in [0.2, 0.25) is 0 Å². The number of carbonyl (C=O) groups is 2. The molecule has 5 nitrogen and oxygen atoms in total. The Bertz CT molecular complexity index is 1070. The van der Waals surface area contributed by atoms with Gasteiger partial charge in [0.25, 0.3) is 5.91 Å². The van der Waals surface area contributed by atoms with E-state index in [9.17, 15) is 9.59 Å². The second kappa shape index (κ2) is 7.43. The summed E-state index contributed by atoms with van der Waals surface area (Å²) in [6.45, 7) is 2.07. The third-order valence-corrected chi connectivity index (χ3v) is 5.87. The van der Waals surface area contributed by atoms with E-state index in [1.165, 1.54) is 4.90 Å². The van der Waals surface area contributed by atoms with E-state index < -0.39 is 12.0 Å². The molecule has 3 atom stereocenters. The zero-order valence-electron chi connectivity index (χ0n) is 16.6. The van der Waals surface area contributed by atoms with Gasteiger partial charge in [0, 0.05) is 0 Å². The maximum Gasteiger partial charge on any atom is 0.266 e. The number of hydroxylamine groups is 1. The van der Waals surface area contributed by atoms with Crippen molar-refractivity contribution in [2.45, 2.75) is 25.5 Å². The third-order valence-electron chi connectivity index (χ3n) is 5.87. The summed E-state index contributed by atoms with van der Waals surface area (Å²) in [6.07, 6.45) is 0.0623. The standard InChI is InChI=1S/C25H22N2O3/c1-2-17-13-15-19(16-14-17)26-24(28)21-22(18-9-5-3-6-10-18)27(30-23(21)25(26)29)20-11-7-4-8-12-20/h3-16,21-23H,2H2,1H3/t21-,22-,23+/m1/s1. The Labute approximate surface area is 175 Å². The first-order valence-electron chi connectivity index (χ1n) is 10.2. The normalized spacial score (nSPS) is 23.2. The predicted molar refractivity (Wildman–Crippen MR) is 115 cm³/mol. The highest BCUT2D eigenvalue weighted by Gasteiger charge is 2.60. The van der Waals surface area contributed by atoms with E-state index in [0.29, 0.717) is 5.69 Å². The molecule has 2 fully saturated rings. The van der Waals surface area contributed by atoms with Crippen molar-refractivity contribution in [1.82, 2.24) is 0 Å². The SMILES string of the molecule is CCc1ccc(N2C(=O)[C@H]3[C@H](ON(c4ccccc4)[C@@H]3c3ccccc3)C2=O)cc1. The zero-order chi connectivity index (χ0) is 20.7. The van der Waals surface area contributed by atoms with E-state index in [0.717, 1.165) is 23.2 Å². The Morgan fingerprint density at radius 1 is 0.767 bits per heavy atom. The van der Waals surface area contributed by atoms with Crippen molar-refractivity contribution in [1.29, 1.82) is 0 Å². The van der Waals surface area contributed by atoms with Crippen LogP contribution in [0.15, 0.2) is 84.9 Å². The summed E-state index contributed by atoms with van der Waals surface area (Å²) in [7, 11) is 0. The van der Waals surface area contributed by atoms with E-state index in [4.69, 9.17) is 4.84 Å². The first-order valence-corrected chi connectivity index (χ1v) is 10.2. The van der Waals surface area contributed by atoms with Gasteiger partial charge in [-0.3, -0.25) is 14.4 Å². The monoisotopic (exact) mass is 398 g/mol. The highest BCUT2D eigenvalue weighted by molar-refractivity contribution is 6.23. The number of amides is 2. The molecule has 0 bridgehead atoms. The summed E-state index contributed by atoms with van der Waals surface area (Å²) < 4.78 is 0. The first kappa shape index (κ1) is 18.6. The van der Waals surface area contributed by atoms with Crippen LogP contribution in [0.1, 0.15) is 24.1 Å². The molecule has 0 spiro atoms. The van der Waals surface area contributed by atoms with Gasteiger partial charge < -0.3 is 0 Å². The van der Waals surface area contributed by atoms with Gasteiger partial charge in [-0.05, 0) is 41.8 Å². The van der Waals surface area contributed by atoms with Crippen LogP contribution >= 0.6 is 0 Å². The molecule has 2 heterocycles. The van der Waals surface area contributed by atoms with Gasteiger partial charge in [-0.1, -0.05) is 67.6 Å². The average molecular weight is 398 g/mol. The lowest BCUT2D eigenvalue weighted by Gasteiger charge is -2.28. The molecule has 0 unspecified atom stereocenters. The maximum absolute atomic E-state index is 13.5. The molecule has 2 aliphatic rings. The summed E-state index contributed by atoms with van der Waals surface area (Å²) in [6, 6.07) is 26.6. The summed E-state index contributed by atoms with van der Waals surface area (Å²) in [5.41, 5.74) is 3.52. The summed E-state index contributed by atoms with van der Waals surface area (Å²) >= 11 is 0. The number of anilines is 2. The van der Waals surface area contributed by atoms with Crippen LogP contribution in [0.4, 0.5) is 11.4 Å². The molecular weight excluding hydrogens is 376 g/mol. The molecule has 2 amide bonds. The fraction of sp³-hybridized carbons (Fsp3) is 0.200. The lowest BCUT2D eigenvalue weighted by molar-refractivity contribution is -0.126. The Balaban J connectivity index is 1.55. The first-order chi connectivity index (χ1) is 14.7. The number of carbonyl (C=O) groups excluding carboxylic acids is 2. The van der Waals surface area contributed by atoms with Gasteiger partial charge in [0.2, 0.25) is 5.91 Å².